The van der Waals surface area contributed by atoms with Crippen molar-refractivity contribution in [3.05, 3.63) is 65.1 Å². The van der Waals surface area contributed by atoms with Crippen molar-refractivity contribution < 1.29 is 19.4 Å². The molecule has 5 aliphatic rings. The molecule has 4 bridgehead atoms. The lowest BCUT2D eigenvalue weighted by Gasteiger charge is -2.69. The highest BCUT2D eigenvalue weighted by Gasteiger charge is 2.66. The number of fused-ring (bicyclic) bond motifs is 2. The Morgan fingerprint density at radius 2 is 1.57 bits per heavy atom. The maximum atomic E-state index is 13.0. The molecule has 364 valence electrons. The summed E-state index contributed by atoms with van der Waals surface area (Å²) in [4.78, 5) is 38.2. The lowest BCUT2D eigenvalue weighted by atomic mass is 9.39. The summed E-state index contributed by atoms with van der Waals surface area (Å²) in [5.41, 5.74) is 5.71. The molecule has 0 amide bonds. The van der Waals surface area contributed by atoms with Gasteiger partial charge in [-0.15, -0.1) is 10.2 Å². The van der Waals surface area contributed by atoms with Crippen LogP contribution in [0.15, 0.2) is 42.6 Å². The number of thiazole rings is 1. The van der Waals surface area contributed by atoms with Gasteiger partial charge in [0, 0.05) is 54.0 Å². The lowest BCUT2D eigenvalue weighted by Crippen LogP contribution is -2.64. The van der Waals surface area contributed by atoms with Gasteiger partial charge in [0.15, 0.2) is 22.5 Å². The molecular weight excluding hydrogens is 871 g/mol. The zero-order chi connectivity index (χ0) is 47.7. The van der Waals surface area contributed by atoms with Crippen molar-refractivity contribution in [2.45, 2.75) is 162 Å². The summed E-state index contributed by atoms with van der Waals surface area (Å²) >= 11 is 1.58. The standard InChI is InChI=1S/C54H73N9O4S/c1-37(64)19-14-12-10-8-7-9-11-13-17-25-61(6)27-28-67-54-33-51(4)30-52(5,34-54)32-53(31-51,35-54)36-63-39(3)42(29-55-63)41-23-24-45(57-46(41)49(65)66)62-26-18-20-40-38(2)47(59-60-48(40)62)58-50-56-43-21-15-16-22-44(43)68-50/h15-16,21-24,29H,7-14,17-20,25-28,30-36H2,1-6H3,(H,65,66)(H,56,58,59)/t51-,52+,53?,54?. The summed E-state index contributed by atoms with van der Waals surface area (Å²) in [6.45, 7) is 15.1. The predicted octanol–water partition coefficient (Wildman–Crippen LogP) is 12.0. The largest absolute Gasteiger partial charge is 0.476 e. The minimum absolute atomic E-state index is 0.00733. The van der Waals surface area contributed by atoms with Crippen LogP contribution in [0.3, 0.4) is 0 Å². The monoisotopic (exact) mass is 944 g/mol. The average molecular weight is 944 g/mol. The third kappa shape index (κ3) is 10.5. The molecule has 5 aromatic rings. The van der Waals surface area contributed by atoms with E-state index in [1.54, 1.807) is 18.3 Å². The summed E-state index contributed by atoms with van der Waals surface area (Å²) < 4.78 is 10.4. The molecule has 5 heterocycles. The number of rotatable bonds is 23. The number of nitrogens with one attached hydrogen (secondary N) is 1. The Bertz CT molecular complexity index is 2570. The van der Waals surface area contributed by atoms with Crippen molar-refractivity contribution in [2.75, 3.05) is 43.5 Å². The number of carbonyl (C=O) groups is 2. The van der Waals surface area contributed by atoms with Crippen LogP contribution in [0.25, 0.3) is 21.3 Å². The number of ether oxygens (including phenoxy) is 1. The number of carbonyl (C=O) groups excluding carboxylic acids is 1. The number of nitrogens with zero attached hydrogens (tertiary/aromatic N) is 8. The fourth-order valence-electron chi connectivity index (χ4n) is 13.8. The van der Waals surface area contributed by atoms with Gasteiger partial charge in [0.1, 0.15) is 11.6 Å². The first-order valence-corrected chi connectivity index (χ1v) is 26.3. The summed E-state index contributed by atoms with van der Waals surface area (Å²) in [5.74, 6) is 1.16. The quantitative estimate of drug-likeness (QED) is 0.0600. The van der Waals surface area contributed by atoms with Crippen LogP contribution in [-0.2, 0) is 22.5 Å². The number of aromatic carboxylic acids is 1. The maximum absolute atomic E-state index is 13.0. The van der Waals surface area contributed by atoms with Crippen molar-refractivity contribution in [1.82, 2.24) is 34.8 Å². The van der Waals surface area contributed by atoms with E-state index in [1.807, 2.05) is 41.4 Å². The fourth-order valence-corrected chi connectivity index (χ4v) is 14.7. The van der Waals surface area contributed by atoms with Gasteiger partial charge in [-0.25, -0.2) is 14.8 Å². The van der Waals surface area contributed by atoms with Crippen LogP contribution < -0.4 is 10.2 Å². The number of carboxylic acids is 1. The van der Waals surface area contributed by atoms with Crippen LogP contribution in [0.2, 0.25) is 0 Å². The van der Waals surface area contributed by atoms with Crippen molar-refractivity contribution >= 4 is 55.9 Å². The Kier molecular flexibility index (Phi) is 14.1. The zero-order valence-corrected chi connectivity index (χ0v) is 42.3. The second-order valence-electron chi connectivity index (χ2n) is 22.2. The number of carboxylic acid groups (broad SMARTS) is 1. The summed E-state index contributed by atoms with van der Waals surface area (Å²) in [5, 5.41) is 29.1. The van der Waals surface area contributed by atoms with E-state index in [0.29, 0.717) is 35.3 Å². The molecule has 14 heteroatoms. The lowest BCUT2D eigenvalue weighted by molar-refractivity contribution is -0.248. The second-order valence-corrected chi connectivity index (χ2v) is 23.2. The minimum atomic E-state index is -1.07. The first kappa shape index (κ1) is 48.2. The number of unbranched alkanes of at least 4 members (excludes halogenated alkanes) is 8. The SMILES string of the molecule is CC(=O)CCCCCCCCCCCN(C)CCOC12CC3(Cn4ncc(-c5ccc(N6CCCc7c6nnc(Nc6nc8ccccc8s6)c7C)nc5C(=O)O)c4C)C[C@@](C)(C1)C[C@](C)(C3)C2. The number of aromatic nitrogens is 6. The molecule has 2 N–H and O–H groups in total. The molecule has 0 saturated heterocycles. The smallest absolute Gasteiger partial charge is 0.355 e. The van der Waals surface area contributed by atoms with Crippen LogP contribution in [0.1, 0.15) is 157 Å². The summed E-state index contributed by atoms with van der Waals surface area (Å²) in [6.07, 6.45) is 22.3. The topological polar surface area (TPSA) is 151 Å². The Morgan fingerprint density at radius 1 is 0.853 bits per heavy atom. The van der Waals surface area contributed by atoms with Gasteiger partial charge in [0.05, 0.1) is 28.6 Å². The zero-order valence-electron chi connectivity index (χ0n) is 41.5. The summed E-state index contributed by atoms with van der Waals surface area (Å²) in [7, 11) is 2.24. The van der Waals surface area contributed by atoms with Gasteiger partial charge in [-0.3, -0.25) is 4.68 Å². The van der Waals surface area contributed by atoms with E-state index in [4.69, 9.17) is 24.9 Å². The Balaban J connectivity index is 0.834. The number of hydrogen-bond donors (Lipinski definition) is 2. The van der Waals surface area contributed by atoms with Crippen molar-refractivity contribution in [3.8, 4) is 11.1 Å². The van der Waals surface area contributed by atoms with Gasteiger partial charge in [0.25, 0.3) is 0 Å². The Morgan fingerprint density at radius 3 is 2.29 bits per heavy atom. The molecule has 4 fully saturated rings. The number of anilines is 4. The highest BCUT2D eigenvalue weighted by Crippen LogP contribution is 2.72. The molecule has 1 aromatic carbocycles. The molecule has 13 nitrogen and oxygen atoms in total. The first-order chi connectivity index (χ1) is 32.6. The van der Waals surface area contributed by atoms with Gasteiger partial charge in [-0.2, -0.15) is 5.10 Å². The van der Waals surface area contributed by atoms with Crippen LogP contribution in [0.5, 0.6) is 0 Å². The first-order valence-electron chi connectivity index (χ1n) is 25.5. The van der Waals surface area contributed by atoms with E-state index >= 15 is 0 Å². The van der Waals surface area contributed by atoms with Crippen LogP contribution >= 0.6 is 11.3 Å². The van der Waals surface area contributed by atoms with E-state index in [9.17, 15) is 14.7 Å². The predicted molar refractivity (Wildman–Crippen MR) is 272 cm³/mol. The number of pyridine rings is 1. The molecular formula is C54H73N9O4S. The number of benzene rings is 1. The molecule has 2 unspecified atom stereocenters. The highest BCUT2D eigenvalue weighted by molar-refractivity contribution is 7.22. The molecule has 0 spiro atoms. The van der Waals surface area contributed by atoms with Crippen molar-refractivity contribution in [1.29, 1.82) is 0 Å². The molecule has 4 saturated carbocycles. The van der Waals surface area contributed by atoms with Crippen molar-refractivity contribution in [3.63, 3.8) is 0 Å². The van der Waals surface area contributed by atoms with Crippen LogP contribution in [0, 0.1) is 30.1 Å². The van der Waals surface area contributed by atoms with Crippen molar-refractivity contribution in [2.24, 2.45) is 16.2 Å². The van der Waals surface area contributed by atoms with E-state index in [-0.39, 0.29) is 27.5 Å². The van der Waals surface area contributed by atoms with Gasteiger partial charge in [0.2, 0.25) is 0 Å². The van der Waals surface area contributed by atoms with Crippen LogP contribution in [-0.4, -0.2) is 90.6 Å². The molecule has 0 radical (unpaired) electrons. The normalized spacial score (nSPS) is 24.0. The second kappa shape index (κ2) is 19.9. The van der Waals surface area contributed by atoms with Crippen LogP contribution in [0.4, 0.5) is 22.6 Å². The number of Topliss-reactive ketones (excluding diaryl/α,β-unsaturated/α-hetero) is 1. The van der Waals surface area contributed by atoms with E-state index in [1.165, 1.54) is 57.8 Å². The molecule has 4 aliphatic carbocycles. The van der Waals surface area contributed by atoms with E-state index < -0.39 is 5.97 Å². The molecule has 1 aliphatic heterocycles. The maximum Gasteiger partial charge on any atom is 0.355 e. The Labute approximate surface area is 406 Å². The van der Waals surface area contributed by atoms with Gasteiger partial charge in [-0.1, -0.05) is 82.3 Å². The highest BCUT2D eigenvalue weighted by atomic mass is 32.1. The van der Waals surface area contributed by atoms with Gasteiger partial charge >= 0.3 is 5.97 Å². The third-order valence-electron chi connectivity index (χ3n) is 15.7. The molecule has 10 rings (SSSR count). The third-order valence-corrected chi connectivity index (χ3v) is 16.7. The van der Waals surface area contributed by atoms with Gasteiger partial charge in [-0.05, 0) is 139 Å². The summed E-state index contributed by atoms with van der Waals surface area (Å²) in [6, 6.07) is 11.9. The van der Waals surface area contributed by atoms with E-state index in [0.717, 1.165) is 122 Å². The number of hydrogen-bond acceptors (Lipinski definition) is 12. The minimum Gasteiger partial charge on any atom is -0.476 e. The number of ketones is 1. The molecule has 4 aromatic heterocycles. The average Bonchev–Trinajstić information content (AvgIpc) is 3.86. The Hall–Kier alpha value is -4.79. The number of likely N-dealkylation sites (N-methyl/N-ethyl adjacent to an activating group) is 1. The molecule has 68 heavy (non-hydrogen) atoms. The molecule has 4 atom stereocenters. The fraction of sp³-hybridized carbons (Fsp3) is 0.611. The number of para-hydroxylation sites is 1. The van der Waals surface area contributed by atoms with Gasteiger partial charge < -0.3 is 29.8 Å². The van der Waals surface area contributed by atoms with E-state index in [2.05, 4.69) is 60.8 Å².